The van der Waals surface area contributed by atoms with Crippen molar-refractivity contribution in [3.05, 3.63) is 48.0 Å². The molecule has 0 aliphatic rings. The third kappa shape index (κ3) is 3.13. The molecule has 1 aromatic heterocycles. The van der Waals surface area contributed by atoms with Gasteiger partial charge < -0.3 is 15.2 Å². The molecule has 0 bridgehead atoms. The van der Waals surface area contributed by atoms with Crippen LogP contribution in [0.2, 0.25) is 0 Å². The number of hydrogen-bond donors (Lipinski definition) is 2. The van der Waals surface area contributed by atoms with Gasteiger partial charge in [0.15, 0.2) is 11.5 Å². The van der Waals surface area contributed by atoms with Gasteiger partial charge in [-0.05, 0) is 36.8 Å². The number of aromatic nitrogens is 1. The van der Waals surface area contributed by atoms with Crippen molar-refractivity contribution in [3.8, 4) is 11.5 Å². The second-order valence-corrected chi connectivity index (χ2v) is 4.17. The van der Waals surface area contributed by atoms with E-state index in [1.165, 1.54) is 19.4 Å². The molecule has 1 aromatic carbocycles. The summed E-state index contributed by atoms with van der Waals surface area (Å²) in [6, 6.07) is 8.02. The van der Waals surface area contributed by atoms with Gasteiger partial charge in [-0.3, -0.25) is 0 Å². The number of nitrogens with zero attached hydrogens (tertiary/aromatic N) is 1. The summed E-state index contributed by atoms with van der Waals surface area (Å²) in [4.78, 5) is 3.58. The van der Waals surface area contributed by atoms with Crippen LogP contribution in [0.15, 0.2) is 36.5 Å². The minimum atomic E-state index is -0.510. The van der Waals surface area contributed by atoms with Crippen LogP contribution in [0.1, 0.15) is 18.5 Å². The van der Waals surface area contributed by atoms with Crippen molar-refractivity contribution in [3.63, 3.8) is 0 Å². The Morgan fingerprint density at radius 1 is 1.32 bits per heavy atom. The lowest BCUT2D eigenvalue weighted by Gasteiger charge is -2.16. The predicted molar refractivity (Wildman–Crippen MR) is 70.9 cm³/mol. The van der Waals surface area contributed by atoms with E-state index in [1.807, 2.05) is 6.92 Å². The molecule has 19 heavy (non-hydrogen) atoms. The van der Waals surface area contributed by atoms with Gasteiger partial charge in [-0.15, -0.1) is 0 Å². The molecule has 1 unspecified atom stereocenters. The molecular weight excluding hydrogens is 247 g/mol. The zero-order chi connectivity index (χ0) is 13.8. The van der Waals surface area contributed by atoms with Crippen LogP contribution < -0.4 is 10.1 Å². The average molecular weight is 262 g/mol. The molecule has 2 aromatic rings. The fraction of sp³-hybridized carbons (Fsp3) is 0.214. The predicted octanol–water partition coefficient (Wildman–Crippen LogP) is 3.11. The quantitative estimate of drug-likeness (QED) is 0.831. The van der Waals surface area contributed by atoms with Crippen LogP contribution in [-0.2, 0) is 0 Å². The highest BCUT2D eigenvalue weighted by atomic mass is 19.1. The highest BCUT2D eigenvalue weighted by Crippen LogP contribution is 2.29. The van der Waals surface area contributed by atoms with Crippen molar-refractivity contribution in [2.24, 2.45) is 0 Å². The van der Waals surface area contributed by atoms with Crippen molar-refractivity contribution < 1.29 is 14.2 Å². The number of halogens is 1. The minimum absolute atomic E-state index is 0.0261. The lowest BCUT2D eigenvalue weighted by Crippen LogP contribution is -2.07. The molecule has 0 fully saturated rings. The summed E-state index contributed by atoms with van der Waals surface area (Å²) >= 11 is 0. The normalized spacial score (nSPS) is 11.9. The Labute approximate surface area is 110 Å². The van der Waals surface area contributed by atoms with Crippen LogP contribution in [0, 0.1) is 5.95 Å². The first-order valence-electron chi connectivity index (χ1n) is 5.85. The molecule has 2 N–H and O–H groups in total. The highest BCUT2D eigenvalue weighted by Gasteiger charge is 2.09. The summed E-state index contributed by atoms with van der Waals surface area (Å²) in [6.07, 6.45) is 1.43. The fourth-order valence-electron chi connectivity index (χ4n) is 1.76. The van der Waals surface area contributed by atoms with E-state index in [4.69, 9.17) is 4.74 Å². The Morgan fingerprint density at radius 2 is 2.11 bits per heavy atom. The zero-order valence-corrected chi connectivity index (χ0v) is 10.7. The number of methoxy groups -OCH3 is 1. The molecule has 100 valence electrons. The van der Waals surface area contributed by atoms with Crippen LogP contribution in [-0.4, -0.2) is 17.2 Å². The van der Waals surface area contributed by atoms with E-state index in [-0.39, 0.29) is 11.8 Å². The number of hydrogen-bond acceptors (Lipinski definition) is 4. The third-order valence-electron chi connectivity index (χ3n) is 2.81. The van der Waals surface area contributed by atoms with Gasteiger partial charge in [0.1, 0.15) is 0 Å². The Balaban J connectivity index is 2.15. The smallest absolute Gasteiger partial charge is 0.212 e. The van der Waals surface area contributed by atoms with Gasteiger partial charge >= 0.3 is 0 Å². The molecule has 0 aliphatic heterocycles. The number of nitrogens with one attached hydrogen (secondary N) is 1. The van der Waals surface area contributed by atoms with Gasteiger partial charge in [-0.1, -0.05) is 6.07 Å². The molecule has 0 radical (unpaired) electrons. The van der Waals surface area contributed by atoms with Gasteiger partial charge in [0.2, 0.25) is 5.95 Å². The van der Waals surface area contributed by atoms with Gasteiger partial charge in [0, 0.05) is 6.04 Å². The van der Waals surface area contributed by atoms with Gasteiger partial charge in [0.25, 0.3) is 0 Å². The van der Waals surface area contributed by atoms with Crippen molar-refractivity contribution >= 4 is 5.69 Å². The van der Waals surface area contributed by atoms with Gasteiger partial charge in [-0.25, -0.2) is 4.98 Å². The molecule has 2 rings (SSSR count). The standard InChI is InChI=1S/C14H15FN2O2/c1-9(17-11-4-6-14(15)16-8-11)10-3-5-12(18)13(7-10)19-2/h3-9,17-18H,1-2H3. The van der Waals surface area contributed by atoms with Crippen LogP contribution in [0.4, 0.5) is 10.1 Å². The molecule has 0 saturated carbocycles. The fourth-order valence-corrected chi connectivity index (χ4v) is 1.76. The molecule has 0 saturated heterocycles. The number of benzene rings is 1. The first-order chi connectivity index (χ1) is 9.10. The summed E-state index contributed by atoms with van der Waals surface area (Å²) < 4.78 is 17.8. The van der Waals surface area contributed by atoms with Gasteiger partial charge in [-0.2, -0.15) is 4.39 Å². The molecule has 1 heterocycles. The Kier molecular flexibility index (Phi) is 3.85. The first-order valence-corrected chi connectivity index (χ1v) is 5.85. The Morgan fingerprint density at radius 3 is 2.74 bits per heavy atom. The van der Waals surface area contributed by atoms with E-state index in [2.05, 4.69) is 10.3 Å². The van der Waals surface area contributed by atoms with Crippen LogP contribution in [0.3, 0.4) is 0 Å². The van der Waals surface area contributed by atoms with E-state index in [1.54, 1.807) is 24.3 Å². The zero-order valence-electron chi connectivity index (χ0n) is 10.7. The van der Waals surface area contributed by atoms with E-state index in [0.717, 1.165) is 11.3 Å². The summed E-state index contributed by atoms with van der Waals surface area (Å²) in [6.45, 7) is 1.95. The highest BCUT2D eigenvalue weighted by molar-refractivity contribution is 5.47. The number of aromatic hydroxyl groups is 1. The summed E-state index contributed by atoms with van der Waals surface area (Å²) in [5.41, 5.74) is 1.67. The van der Waals surface area contributed by atoms with Crippen molar-refractivity contribution in [2.45, 2.75) is 13.0 Å². The maximum absolute atomic E-state index is 12.7. The topological polar surface area (TPSA) is 54.4 Å². The summed E-state index contributed by atoms with van der Waals surface area (Å²) in [5.74, 6) is 0.00906. The summed E-state index contributed by atoms with van der Waals surface area (Å²) in [5, 5.41) is 12.7. The van der Waals surface area contributed by atoms with E-state index >= 15 is 0 Å². The Hall–Kier alpha value is -2.30. The molecule has 5 heteroatoms. The minimum Gasteiger partial charge on any atom is -0.504 e. The van der Waals surface area contributed by atoms with Crippen LogP contribution >= 0.6 is 0 Å². The van der Waals surface area contributed by atoms with Gasteiger partial charge in [0.05, 0.1) is 19.0 Å². The monoisotopic (exact) mass is 262 g/mol. The van der Waals surface area contributed by atoms with Crippen LogP contribution in [0.5, 0.6) is 11.5 Å². The van der Waals surface area contributed by atoms with E-state index in [9.17, 15) is 9.50 Å². The number of pyridine rings is 1. The first kappa shape index (κ1) is 13.1. The number of rotatable bonds is 4. The average Bonchev–Trinajstić information content (AvgIpc) is 2.42. The molecule has 0 aliphatic carbocycles. The summed E-state index contributed by atoms with van der Waals surface area (Å²) in [7, 11) is 1.50. The SMILES string of the molecule is COc1cc(C(C)Nc2ccc(F)nc2)ccc1O. The van der Waals surface area contributed by atoms with Crippen molar-refractivity contribution in [1.29, 1.82) is 0 Å². The van der Waals surface area contributed by atoms with Crippen molar-refractivity contribution in [2.75, 3.05) is 12.4 Å². The Bertz CT molecular complexity index is 558. The number of phenolic OH excluding ortho intramolecular Hbond substituents is 1. The number of ether oxygens (including phenoxy) is 1. The second kappa shape index (κ2) is 5.56. The lowest BCUT2D eigenvalue weighted by atomic mass is 10.1. The third-order valence-corrected chi connectivity index (χ3v) is 2.81. The maximum Gasteiger partial charge on any atom is 0.212 e. The van der Waals surface area contributed by atoms with E-state index < -0.39 is 5.95 Å². The molecular formula is C14H15FN2O2. The molecule has 4 nitrogen and oxygen atoms in total. The van der Waals surface area contributed by atoms with Crippen molar-refractivity contribution in [1.82, 2.24) is 4.98 Å². The number of phenols is 1. The second-order valence-electron chi connectivity index (χ2n) is 4.17. The maximum atomic E-state index is 12.7. The lowest BCUT2D eigenvalue weighted by molar-refractivity contribution is 0.373. The molecule has 0 amide bonds. The largest absolute Gasteiger partial charge is 0.504 e. The van der Waals surface area contributed by atoms with Crippen LogP contribution in [0.25, 0.3) is 0 Å². The molecule has 1 atom stereocenters. The van der Waals surface area contributed by atoms with E-state index in [0.29, 0.717) is 5.75 Å². The number of anilines is 1. The molecule has 0 spiro atoms.